The molecule has 1 unspecified atom stereocenters. The number of fused-ring (bicyclic) bond motifs is 1. The number of carbonyl (C=O) groups excluding carboxylic acids is 2. The molecule has 35 heavy (non-hydrogen) atoms. The van der Waals surface area contributed by atoms with Gasteiger partial charge in [-0.2, -0.15) is 4.31 Å². The second-order valence-electron chi connectivity index (χ2n) is 8.06. The second kappa shape index (κ2) is 10.3. The number of urea groups is 1. The SMILES string of the molecule is CCOc1ccc(NC(=O)N2CCN(S(=O)(=O)c3cccc4ccccc34)C(C(=O)NC)C2)cc1. The Labute approximate surface area is 204 Å². The summed E-state index contributed by atoms with van der Waals surface area (Å²) in [6, 6.07) is 17.7. The van der Waals surface area contributed by atoms with Gasteiger partial charge in [0.15, 0.2) is 0 Å². The van der Waals surface area contributed by atoms with E-state index in [-0.39, 0.29) is 24.5 Å². The van der Waals surface area contributed by atoms with Crippen LogP contribution < -0.4 is 15.4 Å². The average molecular weight is 497 g/mol. The van der Waals surface area contributed by atoms with E-state index < -0.39 is 28.0 Å². The molecule has 1 aliphatic heterocycles. The Morgan fingerprint density at radius 1 is 1.00 bits per heavy atom. The Morgan fingerprint density at radius 2 is 1.71 bits per heavy atom. The minimum atomic E-state index is -4.01. The second-order valence-corrected chi connectivity index (χ2v) is 9.92. The van der Waals surface area contributed by atoms with E-state index in [1.165, 1.54) is 16.3 Å². The van der Waals surface area contributed by atoms with Crippen molar-refractivity contribution in [1.29, 1.82) is 0 Å². The molecule has 1 atom stereocenters. The lowest BCUT2D eigenvalue weighted by molar-refractivity contribution is -0.125. The van der Waals surface area contributed by atoms with E-state index in [0.717, 1.165) is 5.39 Å². The zero-order valence-corrected chi connectivity index (χ0v) is 20.4. The first-order chi connectivity index (χ1) is 16.8. The zero-order chi connectivity index (χ0) is 25.0. The molecule has 9 nitrogen and oxygen atoms in total. The number of anilines is 1. The van der Waals surface area contributed by atoms with Gasteiger partial charge in [-0.25, -0.2) is 13.2 Å². The Hall–Kier alpha value is -3.63. The zero-order valence-electron chi connectivity index (χ0n) is 19.6. The van der Waals surface area contributed by atoms with Crippen molar-refractivity contribution < 1.29 is 22.7 Å². The highest BCUT2D eigenvalue weighted by molar-refractivity contribution is 7.89. The van der Waals surface area contributed by atoms with Gasteiger partial charge in [0.1, 0.15) is 11.8 Å². The lowest BCUT2D eigenvalue weighted by Crippen LogP contribution is -2.61. The van der Waals surface area contributed by atoms with Gasteiger partial charge in [-0.05, 0) is 42.6 Å². The number of rotatable bonds is 6. The Bertz CT molecular complexity index is 1320. The molecule has 0 radical (unpaired) electrons. The van der Waals surface area contributed by atoms with Gasteiger partial charge >= 0.3 is 6.03 Å². The summed E-state index contributed by atoms with van der Waals surface area (Å²) >= 11 is 0. The summed E-state index contributed by atoms with van der Waals surface area (Å²) in [4.78, 5) is 27.3. The monoisotopic (exact) mass is 496 g/mol. The van der Waals surface area contributed by atoms with Gasteiger partial charge in [-0.3, -0.25) is 4.79 Å². The van der Waals surface area contributed by atoms with Crippen molar-refractivity contribution in [3.8, 4) is 5.75 Å². The van der Waals surface area contributed by atoms with Gasteiger partial charge in [0.2, 0.25) is 15.9 Å². The van der Waals surface area contributed by atoms with Crippen LogP contribution in [0.1, 0.15) is 6.92 Å². The summed E-state index contributed by atoms with van der Waals surface area (Å²) in [6.45, 7) is 2.48. The van der Waals surface area contributed by atoms with Crippen LogP contribution in [0.25, 0.3) is 10.8 Å². The summed E-state index contributed by atoms with van der Waals surface area (Å²) < 4.78 is 34.0. The maximum Gasteiger partial charge on any atom is 0.321 e. The number of sulfonamides is 1. The van der Waals surface area contributed by atoms with Crippen molar-refractivity contribution in [1.82, 2.24) is 14.5 Å². The van der Waals surface area contributed by atoms with E-state index in [1.807, 2.05) is 25.1 Å². The number of benzene rings is 3. The third-order valence-electron chi connectivity index (χ3n) is 5.92. The largest absolute Gasteiger partial charge is 0.494 e. The first kappa shape index (κ1) is 24.5. The van der Waals surface area contributed by atoms with E-state index in [4.69, 9.17) is 4.74 Å². The van der Waals surface area contributed by atoms with Gasteiger partial charge in [0, 0.05) is 37.8 Å². The van der Waals surface area contributed by atoms with E-state index in [0.29, 0.717) is 23.4 Å². The van der Waals surface area contributed by atoms with E-state index in [9.17, 15) is 18.0 Å². The van der Waals surface area contributed by atoms with Crippen LogP contribution in [-0.2, 0) is 14.8 Å². The normalized spacial score (nSPS) is 16.6. The molecule has 4 rings (SSSR count). The molecule has 1 saturated heterocycles. The molecule has 0 spiro atoms. The fourth-order valence-electron chi connectivity index (χ4n) is 4.17. The minimum absolute atomic E-state index is 0.0136. The maximum absolute atomic E-state index is 13.7. The summed E-state index contributed by atoms with van der Waals surface area (Å²) in [6.07, 6.45) is 0. The number of ether oxygens (including phenoxy) is 1. The number of hydrogen-bond acceptors (Lipinski definition) is 5. The Balaban J connectivity index is 1.56. The molecule has 3 aromatic carbocycles. The van der Waals surface area contributed by atoms with Gasteiger partial charge in [0.05, 0.1) is 11.5 Å². The predicted octanol–water partition coefficient (Wildman–Crippen LogP) is 2.89. The average Bonchev–Trinajstić information content (AvgIpc) is 2.88. The molecule has 2 N–H and O–H groups in total. The van der Waals surface area contributed by atoms with Crippen molar-refractivity contribution in [2.75, 3.05) is 38.6 Å². The van der Waals surface area contributed by atoms with Crippen LogP contribution in [0, 0.1) is 0 Å². The molecule has 184 valence electrons. The molecule has 0 aliphatic carbocycles. The molecule has 1 fully saturated rings. The van der Waals surface area contributed by atoms with Crippen LogP contribution in [0.2, 0.25) is 0 Å². The van der Waals surface area contributed by atoms with Crippen LogP contribution in [0.15, 0.2) is 71.6 Å². The van der Waals surface area contributed by atoms with Crippen LogP contribution >= 0.6 is 0 Å². The Kier molecular flexibility index (Phi) is 7.23. The molecule has 3 aromatic rings. The Morgan fingerprint density at radius 3 is 2.43 bits per heavy atom. The van der Waals surface area contributed by atoms with Crippen LogP contribution in [0.4, 0.5) is 10.5 Å². The predicted molar refractivity (Wildman–Crippen MR) is 134 cm³/mol. The van der Waals surface area contributed by atoms with Crippen molar-refractivity contribution in [3.05, 3.63) is 66.7 Å². The van der Waals surface area contributed by atoms with Gasteiger partial charge in [-0.1, -0.05) is 36.4 Å². The van der Waals surface area contributed by atoms with Crippen LogP contribution in [-0.4, -0.2) is 68.9 Å². The summed E-state index contributed by atoms with van der Waals surface area (Å²) in [7, 11) is -2.56. The maximum atomic E-state index is 13.7. The first-order valence-corrected chi connectivity index (χ1v) is 12.8. The lowest BCUT2D eigenvalue weighted by atomic mass is 10.1. The third kappa shape index (κ3) is 5.08. The van der Waals surface area contributed by atoms with Gasteiger partial charge in [-0.15, -0.1) is 0 Å². The summed E-state index contributed by atoms with van der Waals surface area (Å²) in [5.41, 5.74) is 0.570. The third-order valence-corrected chi connectivity index (χ3v) is 7.89. The first-order valence-electron chi connectivity index (χ1n) is 11.3. The fraction of sp³-hybridized carbons (Fsp3) is 0.280. The molecule has 0 saturated carbocycles. The standard InChI is InChI=1S/C25H28N4O5S/c1-3-34-20-13-11-19(12-14-20)27-25(31)28-15-16-29(22(17-28)24(30)26-2)35(32,33)23-10-6-8-18-7-4-5-9-21(18)23/h4-14,22H,3,15-17H2,1-2H3,(H,26,30)(H,27,31). The van der Waals surface area contributed by atoms with Crippen molar-refractivity contribution >= 4 is 38.4 Å². The van der Waals surface area contributed by atoms with E-state index >= 15 is 0 Å². The van der Waals surface area contributed by atoms with Gasteiger partial charge in [0.25, 0.3) is 0 Å². The smallest absolute Gasteiger partial charge is 0.321 e. The highest BCUT2D eigenvalue weighted by Gasteiger charge is 2.41. The number of hydrogen-bond donors (Lipinski definition) is 2. The summed E-state index contributed by atoms with van der Waals surface area (Å²) in [5.74, 6) is 0.213. The molecule has 0 aromatic heterocycles. The van der Waals surface area contributed by atoms with E-state index in [2.05, 4.69) is 10.6 Å². The van der Waals surface area contributed by atoms with E-state index in [1.54, 1.807) is 48.5 Å². The van der Waals surface area contributed by atoms with Crippen molar-refractivity contribution in [2.24, 2.45) is 0 Å². The topological polar surface area (TPSA) is 108 Å². The minimum Gasteiger partial charge on any atom is -0.494 e. The molecule has 0 bridgehead atoms. The summed E-state index contributed by atoms with van der Waals surface area (Å²) in [5, 5.41) is 6.71. The number of nitrogens with one attached hydrogen (secondary N) is 2. The van der Waals surface area contributed by atoms with Crippen molar-refractivity contribution in [2.45, 2.75) is 17.9 Å². The molecule has 1 aliphatic rings. The lowest BCUT2D eigenvalue weighted by Gasteiger charge is -2.39. The fourth-order valence-corrected chi connectivity index (χ4v) is 5.96. The van der Waals surface area contributed by atoms with Gasteiger partial charge < -0.3 is 20.3 Å². The molecular formula is C25H28N4O5S. The molecular weight excluding hydrogens is 468 g/mol. The molecule has 3 amide bonds. The number of piperazine rings is 1. The number of likely N-dealkylation sites (N-methyl/N-ethyl adjacent to an activating group) is 1. The molecule has 10 heteroatoms. The number of amides is 3. The highest BCUT2D eigenvalue weighted by Crippen LogP contribution is 2.28. The highest BCUT2D eigenvalue weighted by atomic mass is 32.2. The quantitative estimate of drug-likeness (QED) is 0.546. The van der Waals surface area contributed by atoms with Crippen LogP contribution in [0.5, 0.6) is 5.75 Å². The number of nitrogens with zero attached hydrogens (tertiary/aromatic N) is 2. The molecule has 1 heterocycles. The van der Waals surface area contributed by atoms with Crippen molar-refractivity contribution in [3.63, 3.8) is 0 Å². The number of carbonyl (C=O) groups is 2. The van der Waals surface area contributed by atoms with Crippen LogP contribution in [0.3, 0.4) is 0 Å².